The molecule has 22 heavy (non-hydrogen) atoms. The number of carbonyl (C=O) groups excluding carboxylic acids is 2. The van der Waals surface area contributed by atoms with E-state index in [-0.39, 0.29) is 12.5 Å². The van der Waals surface area contributed by atoms with Crippen LogP contribution in [0.4, 0.5) is 0 Å². The smallest absolute Gasteiger partial charge is 0.255 e. The molecule has 0 aliphatic rings. The molecule has 0 aliphatic heterocycles. The van der Waals surface area contributed by atoms with Crippen molar-refractivity contribution in [3.63, 3.8) is 0 Å². The second-order valence-corrected chi connectivity index (χ2v) is 5.60. The Morgan fingerprint density at radius 3 is 2.45 bits per heavy atom. The number of carbonyl (C=O) groups is 2. The molecule has 0 bridgehead atoms. The summed E-state index contributed by atoms with van der Waals surface area (Å²) in [5.74, 6) is 0.609. The Hall–Kier alpha value is -2.30. The van der Waals surface area contributed by atoms with Gasteiger partial charge in [0.05, 0.1) is 0 Å². The van der Waals surface area contributed by atoms with Gasteiger partial charge in [0, 0.05) is 19.7 Å². The Labute approximate surface area is 131 Å². The van der Waals surface area contributed by atoms with Crippen LogP contribution in [0.1, 0.15) is 25.8 Å². The van der Waals surface area contributed by atoms with Crippen LogP contribution >= 0.6 is 0 Å². The molecule has 0 heterocycles. The zero-order valence-corrected chi connectivity index (χ0v) is 13.4. The number of likely N-dealkylation sites (N-methyl/N-ethyl adjacent to an activating group) is 1. The zero-order chi connectivity index (χ0) is 16.5. The molecular weight excluding hydrogens is 280 g/mol. The van der Waals surface area contributed by atoms with E-state index in [1.54, 1.807) is 36.2 Å². The average molecular weight is 304 g/mol. The summed E-state index contributed by atoms with van der Waals surface area (Å²) in [4.78, 5) is 24.3. The van der Waals surface area contributed by atoms with Gasteiger partial charge in [-0.25, -0.2) is 0 Å². The van der Waals surface area contributed by atoms with Crippen molar-refractivity contribution in [3.8, 4) is 5.75 Å². The molecule has 0 radical (unpaired) electrons. The molecule has 1 aromatic carbocycles. The maximum Gasteiger partial charge on any atom is 0.255 e. The fourth-order valence-electron chi connectivity index (χ4n) is 1.69. The molecule has 2 N–H and O–H groups in total. The maximum absolute atomic E-state index is 11.9. The molecule has 1 rings (SSSR count). The van der Waals surface area contributed by atoms with Crippen molar-refractivity contribution in [1.82, 2.24) is 4.90 Å². The largest absolute Gasteiger partial charge is 0.484 e. The first kappa shape index (κ1) is 17.8. The summed E-state index contributed by atoms with van der Waals surface area (Å²) in [7, 11) is 1.80. The van der Waals surface area contributed by atoms with E-state index in [0.717, 1.165) is 18.5 Å². The first-order chi connectivity index (χ1) is 10.4. The van der Waals surface area contributed by atoms with Gasteiger partial charge in [-0.1, -0.05) is 26.0 Å². The van der Waals surface area contributed by atoms with Crippen molar-refractivity contribution in [2.45, 2.75) is 20.3 Å². The number of primary amides is 1. The quantitative estimate of drug-likeness (QED) is 0.747. The number of nitrogens with two attached hydrogens (primary N) is 1. The van der Waals surface area contributed by atoms with Gasteiger partial charge in [-0.2, -0.15) is 0 Å². The van der Waals surface area contributed by atoms with E-state index in [1.807, 2.05) is 12.1 Å². The average Bonchev–Trinajstić information content (AvgIpc) is 2.49. The minimum atomic E-state index is -0.515. The summed E-state index contributed by atoms with van der Waals surface area (Å²) in [5.41, 5.74) is 5.89. The lowest BCUT2D eigenvalue weighted by molar-refractivity contribution is -0.124. The molecule has 0 aromatic heterocycles. The highest BCUT2D eigenvalue weighted by Crippen LogP contribution is 2.13. The van der Waals surface area contributed by atoms with E-state index >= 15 is 0 Å². The summed E-state index contributed by atoms with van der Waals surface area (Å²) >= 11 is 0. The molecule has 0 atom stereocenters. The van der Waals surface area contributed by atoms with Crippen molar-refractivity contribution in [3.05, 3.63) is 35.9 Å². The summed E-state index contributed by atoms with van der Waals surface area (Å²) in [6.07, 6.45) is 4.30. The monoisotopic (exact) mass is 304 g/mol. The Morgan fingerprint density at radius 1 is 1.27 bits per heavy atom. The van der Waals surface area contributed by atoms with E-state index in [0.29, 0.717) is 11.7 Å². The fourth-order valence-corrected chi connectivity index (χ4v) is 1.69. The van der Waals surface area contributed by atoms with Crippen LogP contribution in [-0.2, 0) is 9.59 Å². The number of hydrogen-bond acceptors (Lipinski definition) is 3. The predicted molar refractivity (Wildman–Crippen MR) is 87.3 cm³/mol. The summed E-state index contributed by atoms with van der Waals surface area (Å²) in [5, 5.41) is 0. The number of ether oxygens (including phenoxy) is 1. The van der Waals surface area contributed by atoms with Gasteiger partial charge in [-0.3, -0.25) is 9.59 Å². The van der Waals surface area contributed by atoms with Gasteiger partial charge < -0.3 is 15.4 Å². The topological polar surface area (TPSA) is 72.6 Å². The maximum atomic E-state index is 11.9. The summed E-state index contributed by atoms with van der Waals surface area (Å²) in [6, 6.07) is 7.09. The van der Waals surface area contributed by atoms with Crippen LogP contribution in [0.2, 0.25) is 0 Å². The van der Waals surface area contributed by atoms with Crippen molar-refractivity contribution in [2.75, 3.05) is 20.2 Å². The summed E-state index contributed by atoms with van der Waals surface area (Å²) in [6.45, 7) is 4.88. The number of hydrogen-bond donors (Lipinski definition) is 1. The number of benzene rings is 1. The highest BCUT2D eigenvalue weighted by Gasteiger charge is 2.05. The first-order valence-electron chi connectivity index (χ1n) is 7.33. The Morgan fingerprint density at radius 2 is 1.91 bits per heavy atom. The molecule has 0 unspecified atom stereocenters. The molecule has 2 amide bonds. The number of nitrogens with zero attached hydrogens (tertiary/aromatic N) is 1. The third-order valence-electron chi connectivity index (χ3n) is 3.10. The standard InChI is InChI=1S/C17H24N2O3/c1-13(2)10-11-19(3)17(21)9-6-14-4-7-15(8-5-14)22-12-16(18)20/h4-9,13H,10-12H2,1-3H3,(H2,18,20). The second-order valence-electron chi connectivity index (χ2n) is 5.60. The third kappa shape index (κ3) is 6.92. The van der Waals surface area contributed by atoms with E-state index in [2.05, 4.69) is 13.8 Å². The van der Waals surface area contributed by atoms with E-state index in [4.69, 9.17) is 10.5 Å². The molecular formula is C17H24N2O3. The van der Waals surface area contributed by atoms with Gasteiger partial charge in [-0.05, 0) is 36.1 Å². The van der Waals surface area contributed by atoms with Crippen molar-refractivity contribution < 1.29 is 14.3 Å². The van der Waals surface area contributed by atoms with E-state index in [1.165, 1.54) is 0 Å². The minimum absolute atomic E-state index is 0.0188. The first-order valence-corrected chi connectivity index (χ1v) is 7.33. The van der Waals surface area contributed by atoms with Crippen LogP contribution in [0, 0.1) is 5.92 Å². The molecule has 5 nitrogen and oxygen atoms in total. The van der Waals surface area contributed by atoms with Crippen LogP contribution in [0.3, 0.4) is 0 Å². The van der Waals surface area contributed by atoms with Gasteiger partial charge in [0.15, 0.2) is 6.61 Å². The van der Waals surface area contributed by atoms with Crippen LogP contribution in [0.5, 0.6) is 5.75 Å². The molecule has 120 valence electrons. The fraction of sp³-hybridized carbons (Fsp3) is 0.412. The lowest BCUT2D eigenvalue weighted by Gasteiger charge is -2.16. The lowest BCUT2D eigenvalue weighted by atomic mass is 10.1. The Balaban J connectivity index is 2.51. The van der Waals surface area contributed by atoms with Gasteiger partial charge in [0.25, 0.3) is 5.91 Å². The zero-order valence-electron chi connectivity index (χ0n) is 13.4. The molecule has 0 aliphatic carbocycles. The predicted octanol–water partition coefficient (Wildman–Crippen LogP) is 2.07. The van der Waals surface area contributed by atoms with Gasteiger partial charge in [-0.15, -0.1) is 0 Å². The van der Waals surface area contributed by atoms with Gasteiger partial charge in [0.2, 0.25) is 5.91 Å². The number of rotatable bonds is 8. The van der Waals surface area contributed by atoms with E-state index < -0.39 is 5.91 Å². The molecule has 0 saturated carbocycles. The van der Waals surface area contributed by atoms with E-state index in [9.17, 15) is 9.59 Å². The molecule has 1 aromatic rings. The summed E-state index contributed by atoms with van der Waals surface area (Å²) < 4.78 is 5.17. The molecule has 0 fully saturated rings. The highest BCUT2D eigenvalue weighted by atomic mass is 16.5. The van der Waals surface area contributed by atoms with Crippen LogP contribution in [-0.4, -0.2) is 36.9 Å². The highest BCUT2D eigenvalue weighted by molar-refractivity contribution is 5.91. The van der Waals surface area contributed by atoms with Crippen LogP contribution in [0.25, 0.3) is 6.08 Å². The normalized spacial score (nSPS) is 10.9. The minimum Gasteiger partial charge on any atom is -0.484 e. The van der Waals surface area contributed by atoms with Crippen molar-refractivity contribution in [2.24, 2.45) is 11.7 Å². The molecule has 5 heteroatoms. The molecule has 0 saturated heterocycles. The van der Waals surface area contributed by atoms with Crippen LogP contribution < -0.4 is 10.5 Å². The van der Waals surface area contributed by atoms with Gasteiger partial charge in [0.1, 0.15) is 5.75 Å². The lowest BCUT2D eigenvalue weighted by Crippen LogP contribution is -2.26. The SMILES string of the molecule is CC(C)CCN(C)C(=O)C=Cc1ccc(OCC(N)=O)cc1. The second kappa shape index (κ2) is 8.87. The van der Waals surface area contributed by atoms with Crippen LogP contribution in [0.15, 0.2) is 30.3 Å². The molecule has 0 spiro atoms. The Bertz CT molecular complexity index is 521. The van der Waals surface area contributed by atoms with Crippen molar-refractivity contribution >= 4 is 17.9 Å². The van der Waals surface area contributed by atoms with Gasteiger partial charge >= 0.3 is 0 Å². The number of amides is 2. The van der Waals surface area contributed by atoms with Crippen molar-refractivity contribution in [1.29, 1.82) is 0 Å². The Kier molecular flexibility index (Phi) is 7.16. The third-order valence-corrected chi connectivity index (χ3v) is 3.10.